The first-order chi connectivity index (χ1) is 18.0. The number of likely N-dealkylation sites (tertiary alicyclic amines) is 1. The van der Waals surface area contributed by atoms with Crippen molar-refractivity contribution < 1.29 is 14.7 Å². The molecule has 0 spiro atoms. The summed E-state index contributed by atoms with van der Waals surface area (Å²) in [5.41, 5.74) is 4.45. The number of amides is 2. The number of hydrogen-bond acceptors (Lipinski definition) is 3. The fraction of sp³-hybridized carbons (Fsp3) is 0.355. The first-order valence-corrected chi connectivity index (χ1v) is 13.3. The molecule has 3 atom stereocenters. The molecule has 6 nitrogen and oxygen atoms in total. The van der Waals surface area contributed by atoms with Crippen molar-refractivity contribution in [2.45, 2.75) is 63.8 Å². The molecule has 1 saturated heterocycles. The Morgan fingerprint density at radius 1 is 0.946 bits per heavy atom. The van der Waals surface area contributed by atoms with Crippen molar-refractivity contribution in [1.29, 1.82) is 0 Å². The third-order valence-electron chi connectivity index (χ3n) is 7.88. The second kappa shape index (κ2) is 11.2. The summed E-state index contributed by atoms with van der Waals surface area (Å²) in [5, 5.41) is 10.2. The average molecular weight is 498 g/mol. The van der Waals surface area contributed by atoms with Gasteiger partial charge in [0.1, 0.15) is 0 Å². The molecule has 2 amide bonds. The van der Waals surface area contributed by atoms with Crippen LogP contribution >= 0.6 is 0 Å². The number of hydrogen-bond donors (Lipinski definition) is 1. The number of carbonyl (C=O) groups is 2. The monoisotopic (exact) mass is 497 g/mol. The standard InChI is InChI=1S/C31H35N3O3/c1-2-27(32(21-23-11-5-3-6-12-23)22-24-13-7-4-8-14-24)29-20-26(17-18-33(29)31(36)37)34-28-16-10-9-15-25(28)19-30(34)35/h3-16,26-27,29H,2,17-22H2,1H3,(H,36,37). The van der Waals surface area contributed by atoms with Crippen molar-refractivity contribution in [3.8, 4) is 0 Å². The Labute approximate surface area is 219 Å². The topological polar surface area (TPSA) is 64.1 Å². The molecular formula is C31H35N3O3. The van der Waals surface area contributed by atoms with E-state index in [0.717, 1.165) is 30.8 Å². The molecule has 0 bridgehead atoms. The Bertz CT molecular complexity index is 1180. The third kappa shape index (κ3) is 5.39. The van der Waals surface area contributed by atoms with E-state index >= 15 is 0 Å². The molecule has 37 heavy (non-hydrogen) atoms. The molecule has 2 aliphatic heterocycles. The van der Waals surface area contributed by atoms with E-state index in [1.165, 1.54) is 11.1 Å². The van der Waals surface area contributed by atoms with Gasteiger partial charge < -0.3 is 14.9 Å². The van der Waals surface area contributed by atoms with E-state index < -0.39 is 6.09 Å². The molecule has 0 aliphatic carbocycles. The molecule has 3 aromatic rings. The van der Waals surface area contributed by atoms with Crippen molar-refractivity contribution in [1.82, 2.24) is 9.80 Å². The molecule has 2 heterocycles. The van der Waals surface area contributed by atoms with Gasteiger partial charge in [0, 0.05) is 37.4 Å². The fourth-order valence-corrected chi connectivity index (χ4v) is 6.19. The van der Waals surface area contributed by atoms with Crippen LogP contribution in [0.2, 0.25) is 0 Å². The van der Waals surface area contributed by atoms with Crippen LogP contribution in [0.5, 0.6) is 0 Å². The summed E-state index contributed by atoms with van der Waals surface area (Å²) in [6, 6.07) is 28.5. The number of para-hydroxylation sites is 1. The van der Waals surface area contributed by atoms with Crippen LogP contribution in [0.25, 0.3) is 0 Å². The van der Waals surface area contributed by atoms with Gasteiger partial charge in [-0.3, -0.25) is 9.69 Å². The zero-order valence-corrected chi connectivity index (χ0v) is 21.4. The van der Waals surface area contributed by atoms with Gasteiger partial charge in [-0.2, -0.15) is 0 Å². The normalized spacial score (nSPS) is 20.2. The number of rotatable bonds is 8. The molecule has 0 aromatic heterocycles. The number of nitrogens with zero attached hydrogens (tertiary/aromatic N) is 3. The highest BCUT2D eigenvalue weighted by molar-refractivity contribution is 6.01. The highest BCUT2D eigenvalue weighted by Gasteiger charge is 2.43. The summed E-state index contributed by atoms with van der Waals surface area (Å²) in [7, 11) is 0. The predicted molar refractivity (Wildman–Crippen MR) is 145 cm³/mol. The maximum Gasteiger partial charge on any atom is 0.407 e. The first kappa shape index (κ1) is 25.0. The van der Waals surface area contributed by atoms with Crippen LogP contribution in [-0.4, -0.2) is 51.6 Å². The van der Waals surface area contributed by atoms with E-state index in [2.05, 4.69) is 36.1 Å². The lowest BCUT2D eigenvalue weighted by Gasteiger charge is -2.47. The number of anilines is 1. The highest BCUT2D eigenvalue weighted by atomic mass is 16.4. The van der Waals surface area contributed by atoms with Crippen LogP contribution in [0, 0.1) is 0 Å². The number of carboxylic acid groups (broad SMARTS) is 1. The minimum Gasteiger partial charge on any atom is -0.465 e. The van der Waals surface area contributed by atoms with Gasteiger partial charge in [-0.1, -0.05) is 85.8 Å². The number of carbonyl (C=O) groups excluding carboxylic acids is 1. The first-order valence-electron chi connectivity index (χ1n) is 13.3. The van der Waals surface area contributed by atoms with E-state index in [9.17, 15) is 14.7 Å². The maximum absolute atomic E-state index is 13.1. The zero-order chi connectivity index (χ0) is 25.8. The molecule has 6 heteroatoms. The van der Waals surface area contributed by atoms with Gasteiger partial charge in [-0.05, 0) is 42.0 Å². The molecule has 1 fully saturated rings. The van der Waals surface area contributed by atoms with Crippen LogP contribution in [0.3, 0.4) is 0 Å². The Kier molecular flexibility index (Phi) is 7.56. The highest BCUT2D eigenvalue weighted by Crippen LogP contribution is 2.36. The van der Waals surface area contributed by atoms with Crippen LogP contribution < -0.4 is 4.90 Å². The lowest BCUT2D eigenvalue weighted by atomic mass is 9.88. The Balaban J connectivity index is 1.46. The summed E-state index contributed by atoms with van der Waals surface area (Å²) < 4.78 is 0. The van der Waals surface area contributed by atoms with Crippen LogP contribution in [0.1, 0.15) is 42.9 Å². The lowest BCUT2D eigenvalue weighted by molar-refractivity contribution is -0.118. The summed E-state index contributed by atoms with van der Waals surface area (Å²) in [5.74, 6) is 0.118. The minimum absolute atomic E-state index is 0.00672. The SMILES string of the molecule is CCC(C1CC(N2C(=O)Cc3ccccc32)CCN1C(=O)O)N(Cc1ccccc1)Cc1ccccc1. The Hall–Kier alpha value is -3.64. The average Bonchev–Trinajstić information content (AvgIpc) is 3.25. The molecule has 0 radical (unpaired) electrons. The summed E-state index contributed by atoms with van der Waals surface area (Å²) in [4.78, 5) is 31.5. The molecule has 2 aliphatic rings. The van der Waals surface area contributed by atoms with Gasteiger partial charge in [0.25, 0.3) is 0 Å². The Morgan fingerprint density at radius 3 is 2.14 bits per heavy atom. The van der Waals surface area contributed by atoms with Gasteiger partial charge in [0.15, 0.2) is 0 Å². The molecule has 1 N–H and O–H groups in total. The molecule has 192 valence electrons. The third-order valence-corrected chi connectivity index (χ3v) is 7.88. The quantitative estimate of drug-likeness (QED) is 0.442. The van der Waals surface area contributed by atoms with Gasteiger partial charge in [0.05, 0.1) is 12.5 Å². The van der Waals surface area contributed by atoms with Crippen molar-refractivity contribution in [2.75, 3.05) is 11.4 Å². The van der Waals surface area contributed by atoms with Crippen molar-refractivity contribution >= 4 is 17.7 Å². The van der Waals surface area contributed by atoms with Crippen molar-refractivity contribution in [2.24, 2.45) is 0 Å². The summed E-state index contributed by atoms with van der Waals surface area (Å²) in [6.07, 6.45) is 1.63. The lowest BCUT2D eigenvalue weighted by Crippen LogP contribution is -2.59. The van der Waals surface area contributed by atoms with Crippen LogP contribution in [0.4, 0.5) is 10.5 Å². The van der Waals surface area contributed by atoms with Gasteiger partial charge in [0.2, 0.25) is 5.91 Å². The van der Waals surface area contributed by atoms with E-state index in [0.29, 0.717) is 25.8 Å². The van der Waals surface area contributed by atoms with Crippen LogP contribution in [0.15, 0.2) is 84.9 Å². The predicted octanol–water partition coefficient (Wildman–Crippen LogP) is 5.57. The molecule has 5 rings (SSSR count). The molecular weight excluding hydrogens is 462 g/mol. The summed E-state index contributed by atoms with van der Waals surface area (Å²) in [6.45, 7) is 4.04. The number of piperidine rings is 1. The number of fused-ring (bicyclic) bond motifs is 1. The van der Waals surface area contributed by atoms with Crippen LogP contribution in [-0.2, 0) is 24.3 Å². The van der Waals surface area contributed by atoms with Gasteiger partial charge in [-0.15, -0.1) is 0 Å². The van der Waals surface area contributed by atoms with E-state index in [1.807, 2.05) is 65.6 Å². The second-order valence-electron chi connectivity index (χ2n) is 10.1. The summed E-state index contributed by atoms with van der Waals surface area (Å²) >= 11 is 0. The van der Waals surface area contributed by atoms with Gasteiger partial charge in [-0.25, -0.2) is 4.79 Å². The minimum atomic E-state index is -0.880. The Morgan fingerprint density at radius 2 is 1.54 bits per heavy atom. The maximum atomic E-state index is 13.1. The van der Waals surface area contributed by atoms with E-state index in [-0.39, 0.29) is 24.0 Å². The van der Waals surface area contributed by atoms with E-state index in [4.69, 9.17) is 0 Å². The molecule has 3 unspecified atom stereocenters. The van der Waals surface area contributed by atoms with Crippen molar-refractivity contribution in [3.05, 3.63) is 102 Å². The largest absolute Gasteiger partial charge is 0.465 e. The van der Waals surface area contributed by atoms with E-state index in [1.54, 1.807) is 4.90 Å². The number of benzene rings is 3. The van der Waals surface area contributed by atoms with Gasteiger partial charge >= 0.3 is 6.09 Å². The zero-order valence-electron chi connectivity index (χ0n) is 21.4. The molecule has 0 saturated carbocycles. The molecule has 3 aromatic carbocycles. The smallest absolute Gasteiger partial charge is 0.407 e. The van der Waals surface area contributed by atoms with Crippen molar-refractivity contribution in [3.63, 3.8) is 0 Å². The fourth-order valence-electron chi connectivity index (χ4n) is 6.19. The second-order valence-corrected chi connectivity index (χ2v) is 10.1.